The summed E-state index contributed by atoms with van der Waals surface area (Å²) in [6.07, 6.45) is 0.684. The van der Waals surface area contributed by atoms with Crippen molar-refractivity contribution >= 4 is 11.7 Å². The van der Waals surface area contributed by atoms with E-state index in [1.165, 1.54) is 0 Å². The molecule has 0 aliphatic carbocycles. The lowest BCUT2D eigenvalue weighted by Gasteiger charge is -2.32. The van der Waals surface area contributed by atoms with Crippen LogP contribution < -0.4 is 4.90 Å². The molecule has 0 radical (unpaired) electrons. The van der Waals surface area contributed by atoms with Crippen molar-refractivity contribution in [2.24, 2.45) is 5.92 Å². The number of aromatic nitrogens is 6. The number of nitrogens with zero attached hydrogens (tertiary/aromatic N) is 6. The Morgan fingerprint density at radius 2 is 1.78 bits per heavy atom. The Bertz CT molecular complexity index is 1280. The highest BCUT2D eigenvalue weighted by molar-refractivity contribution is 5.97. The molecule has 1 amide bonds. The number of benzene rings is 2. The minimum Gasteiger partial charge on any atom is -0.292 e. The summed E-state index contributed by atoms with van der Waals surface area (Å²) in [5.41, 5.74) is 6.06. The molecule has 32 heavy (non-hydrogen) atoms. The normalized spacial score (nSPS) is 15.7. The first kappa shape index (κ1) is 20.0. The van der Waals surface area contributed by atoms with Gasteiger partial charge in [0.2, 0.25) is 5.91 Å². The summed E-state index contributed by atoms with van der Waals surface area (Å²) in [5, 5.41) is 14.2. The lowest BCUT2D eigenvalue weighted by molar-refractivity contribution is -0.122. The Morgan fingerprint density at radius 3 is 2.50 bits per heavy atom. The van der Waals surface area contributed by atoms with Gasteiger partial charge in [0.1, 0.15) is 11.6 Å². The van der Waals surface area contributed by atoms with E-state index in [4.69, 9.17) is 0 Å². The second-order valence-electron chi connectivity index (χ2n) is 8.18. The van der Waals surface area contributed by atoms with E-state index in [0.717, 1.165) is 39.3 Å². The number of hydrogen-bond acceptors (Lipinski definition) is 6. The third-order valence-corrected chi connectivity index (χ3v) is 5.89. The molecule has 1 aliphatic heterocycles. The first-order valence-electron chi connectivity index (χ1n) is 10.6. The summed E-state index contributed by atoms with van der Waals surface area (Å²) in [5.74, 6) is 2.06. The highest BCUT2D eigenvalue weighted by atomic mass is 16.2. The zero-order valence-electron chi connectivity index (χ0n) is 18.2. The molecule has 3 heterocycles. The number of H-pyrrole nitrogens is 1. The van der Waals surface area contributed by atoms with Crippen molar-refractivity contribution in [1.82, 2.24) is 30.6 Å². The molecule has 4 aromatic rings. The molecule has 1 atom stereocenters. The number of tetrazole rings is 1. The fourth-order valence-corrected chi connectivity index (χ4v) is 4.28. The molecule has 8 nitrogen and oxygen atoms in total. The van der Waals surface area contributed by atoms with E-state index in [1.54, 1.807) is 4.90 Å². The van der Waals surface area contributed by atoms with Gasteiger partial charge in [-0.1, -0.05) is 55.5 Å². The zero-order valence-corrected chi connectivity index (χ0v) is 18.2. The second-order valence-corrected chi connectivity index (χ2v) is 8.18. The lowest BCUT2D eigenvalue weighted by atomic mass is 9.93. The van der Waals surface area contributed by atoms with Crippen LogP contribution in [0.2, 0.25) is 0 Å². The first-order chi connectivity index (χ1) is 15.5. The van der Waals surface area contributed by atoms with Gasteiger partial charge in [0.25, 0.3) is 0 Å². The third-order valence-electron chi connectivity index (χ3n) is 5.89. The van der Waals surface area contributed by atoms with Crippen LogP contribution in [0.25, 0.3) is 22.5 Å². The van der Waals surface area contributed by atoms with Crippen molar-refractivity contribution in [3.05, 3.63) is 71.2 Å². The summed E-state index contributed by atoms with van der Waals surface area (Å²) in [6, 6.07) is 16.2. The minimum absolute atomic E-state index is 0.0887. The molecule has 8 heteroatoms. The molecule has 0 fully saturated rings. The van der Waals surface area contributed by atoms with Crippen molar-refractivity contribution in [2.75, 3.05) is 4.90 Å². The summed E-state index contributed by atoms with van der Waals surface area (Å²) in [7, 11) is 0. The average Bonchev–Trinajstić information content (AvgIpc) is 3.33. The number of rotatable bonds is 4. The molecule has 160 valence electrons. The SMILES string of the molecule is Cc1nc(C)c2c(n1)N(Cc1ccc(-c3ccccc3-c3nnn[nH]3)cc1)C(=O)C(C)C2. The third kappa shape index (κ3) is 3.53. The van der Waals surface area contributed by atoms with Gasteiger partial charge in [0.05, 0.1) is 6.54 Å². The molecular formula is C24H23N7O. The molecule has 0 spiro atoms. The largest absolute Gasteiger partial charge is 0.292 e. The topological polar surface area (TPSA) is 101 Å². The van der Waals surface area contributed by atoms with E-state index in [2.05, 4.69) is 54.9 Å². The van der Waals surface area contributed by atoms with Gasteiger partial charge in [-0.2, -0.15) is 0 Å². The quantitative estimate of drug-likeness (QED) is 0.535. The van der Waals surface area contributed by atoms with E-state index in [0.29, 0.717) is 24.6 Å². The van der Waals surface area contributed by atoms with Crippen LogP contribution >= 0.6 is 0 Å². The summed E-state index contributed by atoms with van der Waals surface area (Å²) >= 11 is 0. The smallest absolute Gasteiger partial charge is 0.231 e. The number of aryl methyl sites for hydroxylation is 2. The van der Waals surface area contributed by atoms with Crippen LogP contribution in [0.1, 0.15) is 29.6 Å². The Kier molecular flexibility index (Phi) is 4.97. The van der Waals surface area contributed by atoms with Gasteiger partial charge in [-0.15, -0.1) is 5.10 Å². The number of carbonyl (C=O) groups excluding carboxylic acids is 1. The Balaban J connectivity index is 1.46. The number of nitrogens with one attached hydrogen (secondary N) is 1. The van der Waals surface area contributed by atoms with Crippen LogP contribution in [0.4, 0.5) is 5.82 Å². The number of amides is 1. The van der Waals surface area contributed by atoms with E-state index < -0.39 is 0 Å². The Morgan fingerprint density at radius 1 is 1.03 bits per heavy atom. The van der Waals surface area contributed by atoms with E-state index in [1.807, 2.05) is 45.0 Å². The monoisotopic (exact) mass is 425 g/mol. The Hall–Kier alpha value is -3.94. The number of aromatic amines is 1. The molecule has 1 unspecified atom stereocenters. The van der Waals surface area contributed by atoms with Gasteiger partial charge < -0.3 is 0 Å². The summed E-state index contributed by atoms with van der Waals surface area (Å²) in [6.45, 7) is 6.30. The number of fused-ring (bicyclic) bond motifs is 1. The summed E-state index contributed by atoms with van der Waals surface area (Å²) < 4.78 is 0. The first-order valence-corrected chi connectivity index (χ1v) is 10.6. The molecule has 5 rings (SSSR count). The fraction of sp³-hybridized carbons (Fsp3) is 0.250. The lowest BCUT2D eigenvalue weighted by Crippen LogP contribution is -2.41. The highest BCUT2D eigenvalue weighted by Crippen LogP contribution is 2.33. The van der Waals surface area contributed by atoms with E-state index >= 15 is 0 Å². The molecule has 0 saturated heterocycles. The molecule has 2 aromatic heterocycles. The van der Waals surface area contributed by atoms with Crippen LogP contribution in [0.5, 0.6) is 0 Å². The predicted octanol–water partition coefficient (Wildman–Crippen LogP) is 3.67. The predicted molar refractivity (Wildman–Crippen MR) is 121 cm³/mol. The maximum atomic E-state index is 13.0. The van der Waals surface area contributed by atoms with Gasteiger partial charge in [0.15, 0.2) is 5.82 Å². The van der Waals surface area contributed by atoms with Crippen LogP contribution in [-0.2, 0) is 17.8 Å². The van der Waals surface area contributed by atoms with Crippen molar-refractivity contribution in [2.45, 2.75) is 33.7 Å². The maximum Gasteiger partial charge on any atom is 0.231 e. The van der Waals surface area contributed by atoms with Crippen molar-refractivity contribution in [3.8, 4) is 22.5 Å². The average molecular weight is 425 g/mol. The molecule has 1 N–H and O–H groups in total. The van der Waals surface area contributed by atoms with Gasteiger partial charge in [0, 0.05) is 22.7 Å². The van der Waals surface area contributed by atoms with Crippen LogP contribution in [0.3, 0.4) is 0 Å². The van der Waals surface area contributed by atoms with Gasteiger partial charge in [-0.05, 0) is 47.4 Å². The zero-order chi connectivity index (χ0) is 22.2. The van der Waals surface area contributed by atoms with Gasteiger partial charge in [-0.3, -0.25) is 9.69 Å². The molecular weight excluding hydrogens is 402 g/mol. The maximum absolute atomic E-state index is 13.0. The highest BCUT2D eigenvalue weighted by Gasteiger charge is 2.32. The van der Waals surface area contributed by atoms with E-state index in [-0.39, 0.29) is 11.8 Å². The van der Waals surface area contributed by atoms with Crippen LogP contribution in [0, 0.1) is 19.8 Å². The van der Waals surface area contributed by atoms with Crippen molar-refractivity contribution < 1.29 is 4.79 Å². The van der Waals surface area contributed by atoms with Crippen molar-refractivity contribution in [3.63, 3.8) is 0 Å². The Labute approximate surface area is 185 Å². The second kappa shape index (κ2) is 7.96. The van der Waals surface area contributed by atoms with Crippen molar-refractivity contribution in [1.29, 1.82) is 0 Å². The fourth-order valence-electron chi connectivity index (χ4n) is 4.28. The molecule has 1 aliphatic rings. The van der Waals surface area contributed by atoms with Crippen LogP contribution in [-0.4, -0.2) is 36.5 Å². The minimum atomic E-state index is -0.0887. The molecule has 2 aromatic carbocycles. The number of carbonyl (C=O) groups is 1. The van der Waals surface area contributed by atoms with Crippen LogP contribution in [0.15, 0.2) is 48.5 Å². The van der Waals surface area contributed by atoms with Gasteiger partial charge in [-0.25, -0.2) is 15.1 Å². The molecule has 0 bridgehead atoms. The standard InChI is InChI=1S/C24H23N7O/c1-14-12-21-15(2)25-16(3)26-23(21)31(24(14)32)13-17-8-10-18(11-9-17)19-6-4-5-7-20(19)22-27-29-30-28-22/h4-11,14H,12-13H2,1-3H3,(H,27,28,29,30). The van der Waals surface area contributed by atoms with E-state index in [9.17, 15) is 4.79 Å². The number of anilines is 1. The van der Waals surface area contributed by atoms with Gasteiger partial charge >= 0.3 is 0 Å². The number of hydrogen-bond donors (Lipinski definition) is 1. The summed E-state index contributed by atoms with van der Waals surface area (Å²) in [4.78, 5) is 23.9. The molecule has 0 saturated carbocycles.